The van der Waals surface area contributed by atoms with E-state index in [0.29, 0.717) is 10.0 Å². The standard InChI is InChI=1S/C15H13BrCl2FN/c1-20-15(10-3-5-13(17)14(18)6-10)7-9-2-4-11(19)8-12(9)16/h2-6,8,15,20H,7H2,1H3. The van der Waals surface area contributed by atoms with Crippen LogP contribution < -0.4 is 5.32 Å². The number of hydrogen-bond acceptors (Lipinski definition) is 1. The maximum Gasteiger partial charge on any atom is 0.124 e. The van der Waals surface area contributed by atoms with Crippen LogP contribution in [0.5, 0.6) is 0 Å². The Hall–Kier alpha value is -0.610. The van der Waals surface area contributed by atoms with Gasteiger partial charge in [-0.05, 0) is 48.9 Å². The predicted molar refractivity (Wildman–Crippen MR) is 86.1 cm³/mol. The number of likely N-dealkylation sites (N-methyl/N-ethyl adjacent to an activating group) is 1. The minimum absolute atomic E-state index is 0.0755. The molecule has 2 rings (SSSR count). The molecule has 0 aliphatic carbocycles. The number of rotatable bonds is 4. The Bertz CT molecular complexity index is 619. The summed E-state index contributed by atoms with van der Waals surface area (Å²) in [6, 6.07) is 10.4. The van der Waals surface area contributed by atoms with Crippen molar-refractivity contribution in [1.29, 1.82) is 0 Å². The summed E-state index contributed by atoms with van der Waals surface area (Å²) in [7, 11) is 1.88. The van der Waals surface area contributed by atoms with Gasteiger partial charge in [-0.3, -0.25) is 0 Å². The van der Waals surface area contributed by atoms with Crippen LogP contribution in [0.15, 0.2) is 40.9 Å². The van der Waals surface area contributed by atoms with E-state index in [9.17, 15) is 4.39 Å². The fraction of sp³-hybridized carbons (Fsp3) is 0.200. The molecule has 1 N–H and O–H groups in total. The Balaban J connectivity index is 2.26. The molecule has 0 amide bonds. The molecular weight excluding hydrogens is 364 g/mol. The molecule has 0 saturated heterocycles. The van der Waals surface area contributed by atoms with Gasteiger partial charge >= 0.3 is 0 Å². The minimum Gasteiger partial charge on any atom is -0.313 e. The summed E-state index contributed by atoms with van der Waals surface area (Å²) in [4.78, 5) is 0. The van der Waals surface area contributed by atoms with Crippen LogP contribution in [0.3, 0.4) is 0 Å². The smallest absolute Gasteiger partial charge is 0.124 e. The highest BCUT2D eigenvalue weighted by molar-refractivity contribution is 9.10. The third-order valence-corrected chi connectivity index (χ3v) is 4.61. The van der Waals surface area contributed by atoms with Crippen molar-refractivity contribution >= 4 is 39.1 Å². The molecule has 5 heteroatoms. The first-order chi connectivity index (χ1) is 9.51. The molecule has 0 aliphatic heterocycles. The first-order valence-corrected chi connectivity index (χ1v) is 7.62. The summed E-state index contributed by atoms with van der Waals surface area (Å²) < 4.78 is 13.9. The lowest BCUT2D eigenvalue weighted by Crippen LogP contribution is -2.19. The van der Waals surface area contributed by atoms with Gasteiger partial charge in [0.25, 0.3) is 0 Å². The molecular formula is C15H13BrCl2FN. The molecule has 2 aromatic rings. The van der Waals surface area contributed by atoms with E-state index in [1.165, 1.54) is 12.1 Å². The van der Waals surface area contributed by atoms with Crippen molar-refractivity contribution in [3.8, 4) is 0 Å². The first kappa shape index (κ1) is 15.8. The molecule has 0 bridgehead atoms. The zero-order chi connectivity index (χ0) is 14.7. The molecule has 0 spiro atoms. The zero-order valence-corrected chi connectivity index (χ0v) is 13.9. The maximum atomic E-state index is 13.1. The average molecular weight is 377 g/mol. The summed E-state index contributed by atoms with van der Waals surface area (Å²) in [5, 5.41) is 4.30. The van der Waals surface area contributed by atoms with Crippen molar-refractivity contribution < 1.29 is 4.39 Å². The number of benzene rings is 2. The van der Waals surface area contributed by atoms with Crippen molar-refractivity contribution in [3.05, 3.63) is 67.9 Å². The Morgan fingerprint density at radius 1 is 1.15 bits per heavy atom. The van der Waals surface area contributed by atoms with E-state index in [0.717, 1.165) is 22.0 Å². The normalized spacial score (nSPS) is 12.4. The number of nitrogens with one attached hydrogen (secondary N) is 1. The van der Waals surface area contributed by atoms with Gasteiger partial charge in [-0.15, -0.1) is 0 Å². The second-order valence-corrected chi connectivity index (χ2v) is 6.12. The molecule has 1 atom stereocenters. The molecule has 0 aromatic heterocycles. The van der Waals surface area contributed by atoms with Gasteiger partial charge in [0.1, 0.15) is 5.82 Å². The topological polar surface area (TPSA) is 12.0 Å². The van der Waals surface area contributed by atoms with Crippen molar-refractivity contribution in [2.24, 2.45) is 0 Å². The Morgan fingerprint density at radius 2 is 1.90 bits per heavy atom. The minimum atomic E-state index is -0.254. The molecule has 0 heterocycles. The van der Waals surface area contributed by atoms with Gasteiger partial charge in [0, 0.05) is 10.5 Å². The van der Waals surface area contributed by atoms with Gasteiger partial charge in [-0.25, -0.2) is 4.39 Å². The maximum absolute atomic E-state index is 13.1. The largest absolute Gasteiger partial charge is 0.313 e. The molecule has 1 unspecified atom stereocenters. The van der Waals surface area contributed by atoms with Crippen LogP contribution in [0.1, 0.15) is 17.2 Å². The molecule has 0 saturated carbocycles. The van der Waals surface area contributed by atoms with Crippen LogP contribution in [-0.2, 0) is 6.42 Å². The van der Waals surface area contributed by atoms with Crippen molar-refractivity contribution in [2.45, 2.75) is 12.5 Å². The monoisotopic (exact) mass is 375 g/mol. The van der Waals surface area contributed by atoms with Crippen molar-refractivity contribution in [1.82, 2.24) is 5.32 Å². The van der Waals surface area contributed by atoms with Gasteiger partial charge in [0.05, 0.1) is 10.0 Å². The lowest BCUT2D eigenvalue weighted by Gasteiger charge is -2.18. The molecule has 2 aromatic carbocycles. The number of hydrogen-bond donors (Lipinski definition) is 1. The number of halogens is 4. The van der Waals surface area contributed by atoms with E-state index in [-0.39, 0.29) is 11.9 Å². The Kier molecular flexibility index (Phi) is 5.44. The predicted octanol–water partition coefficient (Wildman–Crippen LogP) is 5.40. The second kappa shape index (κ2) is 6.90. The van der Waals surface area contributed by atoms with Crippen LogP contribution in [0, 0.1) is 5.82 Å². The fourth-order valence-corrected chi connectivity index (χ4v) is 2.84. The lowest BCUT2D eigenvalue weighted by atomic mass is 9.99. The molecule has 0 fully saturated rings. The van der Waals surface area contributed by atoms with Gasteiger partial charge in [0.15, 0.2) is 0 Å². The SMILES string of the molecule is CNC(Cc1ccc(F)cc1Br)c1ccc(Cl)c(Cl)c1. The third-order valence-electron chi connectivity index (χ3n) is 3.13. The summed E-state index contributed by atoms with van der Waals surface area (Å²) in [6.45, 7) is 0. The third kappa shape index (κ3) is 3.73. The van der Waals surface area contributed by atoms with E-state index in [1.807, 2.05) is 19.2 Å². The van der Waals surface area contributed by atoms with Crippen LogP contribution in [0.2, 0.25) is 10.0 Å². The Morgan fingerprint density at radius 3 is 2.50 bits per heavy atom. The van der Waals surface area contributed by atoms with Crippen molar-refractivity contribution in [2.75, 3.05) is 7.05 Å². The summed E-state index contributed by atoms with van der Waals surface area (Å²) in [5.41, 5.74) is 2.06. The molecule has 0 aliphatic rings. The van der Waals surface area contributed by atoms with E-state index in [4.69, 9.17) is 23.2 Å². The van der Waals surface area contributed by atoms with Gasteiger partial charge in [0.2, 0.25) is 0 Å². The van der Waals surface area contributed by atoms with Crippen LogP contribution in [-0.4, -0.2) is 7.05 Å². The molecule has 1 nitrogen and oxygen atoms in total. The highest BCUT2D eigenvalue weighted by Gasteiger charge is 2.13. The molecule has 106 valence electrons. The molecule has 0 radical (unpaired) electrons. The quantitative estimate of drug-likeness (QED) is 0.753. The fourth-order valence-electron chi connectivity index (χ4n) is 2.02. The first-order valence-electron chi connectivity index (χ1n) is 6.07. The van der Waals surface area contributed by atoms with E-state index < -0.39 is 0 Å². The highest BCUT2D eigenvalue weighted by atomic mass is 79.9. The zero-order valence-electron chi connectivity index (χ0n) is 10.8. The highest BCUT2D eigenvalue weighted by Crippen LogP contribution is 2.29. The van der Waals surface area contributed by atoms with Crippen LogP contribution >= 0.6 is 39.1 Å². The van der Waals surface area contributed by atoms with Crippen molar-refractivity contribution in [3.63, 3.8) is 0 Å². The van der Waals surface area contributed by atoms with E-state index in [1.54, 1.807) is 12.1 Å². The van der Waals surface area contributed by atoms with Gasteiger partial charge in [-0.1, -0.05) is 51.3 Å². The lowest BCUT2D eigenvalue weighted by molar-refractivity contribution is 0.587. The molecule has 20 heavy (non-hydrogen) atoms. The summed E-state index contributed by atoms with van der Waals surface area (Å²) >= 11 is 15.4. The van der Waals surface area contributed by atoms with Gasteiger partial charge < -0.3 is 5.32 Å². The van der Waals surface area contributed by atoms with Gasteiger partial charge in [-0.2, -0.15) is 0 Å². The Labute approximate surface area is 136 Å². The van der Waals surface area contributed by atoms with Crippen LogP contribution in [0.25, 0.3) is 0 Å². The average Bonchev–Trinajstić information content (AvgIpc) is 2.41. The van der Waals surface area contributed by atoms with E-state index in [2.05, 4.69) is 21.2 Å². The summed E-state index contributed by atoms with van der Waals surface area (Å²) in [6.07, 6.45) is 0.718. The summed E-state index contributed by atoms with van der Waals surface area (Å²) in [5.74, 6) is -0.254. The second-order valence-electron chi connectivity index (χ2n) is 4.45. The van der Waals surface area contributed by atoms with E-state index >= 15 is 0 Å². The van der Waals surface area contributed by atoms with Crippen LogP contribution in [0.4, 0.5) is 4.39 Å².